The zero-order valence-corrected chi connectivity index (χ0v) is 6.30. The first kappa shape index (κ1) is 7.22. The number of benzene rings is 1. The lowest BCUT2D eigenvalue weighted by Gasteiger charge is -1.92. The third-order valence-electron chi connectivity index (χ3n) is 1.13. The SMILES string of the molecule is C=C[S@](=O)c1ccccc1. The van der Waals surface area contributed by atoms with Crippen molar-refractivity contribution < 1.29 is 4.21 Å². The van der Waals surface area contributed by atoms with Gasteiger partial charge in [-0.1, -0.05) is 24.8 Å². The van der Waals surface area contributed by atoms with Gasteiger partial charge in [0.25, 0.3) is 0 Å². The minimum atomic E-state index is -1.03. The van der Waals surface area contributed by atoms with E-state index in [9.17, 15) is 4.21 Å². The maximum absolute atomic E-state index is 11.0. The molecule has 1 aromatic carbocycles. The van der Waals surface area contributed by atoms with Gasteiger partial charge in [-0.3, -0.25) is 0 Å². The standard InChI is InChI=1S/C8H8OS/c1-2-10(9)8-6-4-3-5-7-8/h2-7H,1H2/t10-/m0/s1. The summed E-state index contributed by atoms with van der Waals surface area (Å²) in [5.74, 6) is 0. The minimum absolute atomic E-state index is 0.803. The van der Waals surface area contributed by atoms with Crippen molar-refractivity contribution in [3.63, 3.8) is 0 Å². The van der Waals surface area contributed by atoms with Crippen LogP contribution in [0.5, 0.6) is 0 Å². The maximum atomic E-state index is 11.0. The molecule has 1 atom stereocenters. The smallest absolute Gasteiger partial charge is 0.0769 e. The van der Waals surface area contributed by atoms with Crippen LogP contribution >= 0.6 is 0 Å². The molecule has 1 rings (SSSR count). The van der Waals surface area contributed by atoms with Crippen LogP contribution in [0.15, 0.2) is 47.2 Å². The molecule has 0 bridgehead atoms. The first-order valence-corrected chi connectivity index (χ1v) is 4.14. The molecule has 1 nitrogen and oxygen atoms in total. The van der Waals surface area contributed by atoms with E-state index in [0.29, 0.717) is 0 Å². The number of hydrogen-bond acceptors (Lipinski definition) is 1. The van der Waals surface area contributed by atoms with Crippen LogP contribution in [0.4, 0.5) is 0 Å². The molecule has 0 aliphatic heterocycles. The van der Waals surface area contributed by atoms with Crippen molar-refractivity contribution >= 4 is 10.8 Å². The van der Waals surface area contributed by atoms with Gasteiger partial charge in [-0.05, 0) is 12.1 Å². The lowest BCUT2D eigenvalue weighted by molar-refractivity contribution is 0.688. The Balaban J connectivity index is 2.95. The molecular weight excluding hydrogens is 144 g/mol. The van der Waals surface area contributed by atoms with Crippen molar-refractivity contribution in [3.05, 3.63) is 42.3 Å². The van der Waals surface area contributed by atoms with E-state index in [0.717, 1.165) is 4.90 Å². The fraction of sp³-hybridized carbons (Fsp3) is 0. The summed E-state index contributed by atoms with van der Waals surface area (Å²) >= 11 is 0. The van der Waals surface area contributed by atoms with Crippen LogP contribution < -0.4 is 0 Å². The molecule has 0 aliphatic rings. The van der Waals surface area contributed by atoms with Gasteiger partial charge in [0.15, 0.2) is 0 Å². The van der Waals surface area contributed by atoms with Crippen LogP contribution in [0.2, 0.25) is 0 Å². The normalized spacial score (nSPS) is 12.4. The fourth-order valence-corrected chi connectivity index (χ4v) is 1.27. The minimum Gasteiger partial charge on any atom is -0.250 e. The number of rotatable bonds is 2. The van der Waals surface area contributed by atoms with Crippen molar-refractivity contribution in [2.45, 2.75) is 4.90 Å². The van der Waals surface area contributed by atoms with Gasteiger partial charge in [-0.15, -0.1) is 0 Å². The highest BCUT2D eigenvalue weighted by Crippen LogP contribution is 2.04. The van der Waals surface area contributed by atoms with E-state index in [-0.39, 0.29) is 0 Å². The van der Waals surface area contributed by atoms with Crippen molar-refractivity contribution in [2.75, 3.05) is 0 Å². The summed E-state index contributed by atoms with van der Waals surface area (Å²) in [5.41, 5.74) is 0. The molecule has 10 heavy (non-hydrogen) atoms. The van der Waals surface area contributed by atoms with Crippen LogP contribution in [0.3, 0.4) is 0 Å². The van der Waals surface area contributed by atoms with E-state index in [4.69, 9.17) is 0 Å². The van der Waals surface area contributed by atoms with E-state index in [2.05, 4.69) is 6.58 Å². The molecule has 0 radical (unpaired) electrons. The quantitative estimate of drug-likeness (QED) is 0.633. The molecule has 0 saturated heterocycles. The van der Waals surface area contributed by atoms with Crippen LogP contribution in [0, 0.1) is 0 Å². The van der Waals surface area contributed by atoms with Gasteiger partial charge in [0.05, 0.1) is 10.8 Å². The van der Waals surface area contributed by atoms with Crippen molar-refractivity contribution in [3.8, 4) is 0 Å². The van der Waals surface area contributed by atoms with E-state index < -0.39 is 10.8 Å². The first-order chi connectivity index (χ1) is 4.84. The molecule has 0 unspecified atom stereocenters. The molecule has 0 amide bonds. The second-order valence-electron chi connectivity index (χ2n) is 1.78. The van der Waals surface area contributed by atoms with Crippen molar-refractivity contribution in [2.24, 2.45) is 0 Å². The van der Waals surface area contributed by atoms with E-state index >= 15 is 0 Å². The molecule has 0 spiro atoms. The monoisotopic (exact) mass is 152 g/mol. The molecular formula is C8H8OS. The van der Waals surface area contributed by atoms with E-state index in [1.165, 1.54) is 5.41 Å². The van der Waals surface area contributed by atoms with Crippen molar-refractivity contribution in [1.82, 2.24) is 0 Å². The van der Waals surface area contributed by atoms with Gasteiger partial charge in [0, 0.05) is 10.3 Å². The summed E-state index contributed by atoms with van der Waals surface area (Å²) in [5, 5.41) is 1.43. The second kappa shape index (κ2) is 3.32. The van der Waals surface area contributed by atoms with Gasteiger partial charge < -0.3 is 0 Å². The molecule has 2 heteroatoms. The predicted molar refractivity (Wildman–Crippen MR) is 43.0 cm³/mol. The summed E-state index contributed by atoms with van der Waals surface area (Å²) in [7, 11) is -1.03. The van der Waals surface area contributed by atoms with Gasteiger partial charge in [0.2, 0.25) is 0 Å². The predicted octanol–water partition coefficient (Wildman–Crippen LogP) is 1.94. The van der Waals surface area contributed by atoms with Gasteiger partial charge >= 0.3 is 0 Å². The summed E-state index contributed by atoms with van der Waals surface area (Å²) in [4.78, 5) is 0.803. The molecule has 0 aliphatic carbocycles. The van der Waals surface area contributed by atoms with Gasteiger partial charge in [0.1, 0.15) is 0 Å². The Kier molecular flexibility index (Phi) is 2.40. The Morgan fingerprint density at radius 2 is 1.90 bits per heavy atom. The molecule has 0 aromatic heterocycles. The topological polar surface area (TPSA) is 17.1 Å². The average molecular weight is 152 g/mol. The number of hydrogen-bond donors (Lipinski definition) is 0. The molecule has 0 N–H and O–H groups in total. The summed E-state index contributed by atoms with van der Waals surface area (Å²) in [6.45, 7) is 3.44. The van der Waals surface area contributed by atoms with Crippen LogP contribution in [0.1, 0.15) is 0 Å². The lowest BCUT2D eigenvalue weighted by Crippen LogP contribution is -1.82. The van der Waals surface area contributed by atoms with E-state index in [1.807, 2.05) is 30.3 Å². The average Bonchev–Trinajstić information content (AvgIpc) is 2.05. The van der Waals surface area contributed by atoms with Gasteiger partial charge in [-0.2, -0.15) is 0 Å². The van der Waals surface area contributed by atoms with Crippen LogP contribution in [-0.2, 0) is 10.8 Å². The summed E-state index contributed by atoms with van der Waals surface area (Å²) in [6, 6.07) is 9.24. The molecule has 1 aromatic rings. The molecule has 0 saturated carbocycles. The highest BCUT2D eigenvalue weighted by atomic mass is 32.2. The third-order valence-corrected chi connectivity index (χ3v) is 2.17. The molecule has 52 valence electrons. The van der Waals surface area contributed by atoms with Crippen LogP contribution in [-0.4, -0.2) is 4.21 Å². The fourth-order valence-electron chi connectivity index (χ4n) is 0.651. The summed E-state index contributed by atoms with van der Waals surface area (Å²) < 4.78 is 11.0. The zero-order valence-electron chi connectivity index (χ0n) is 5.49. The highest BCUT2D eigenvalue weighted by Gasteiger charge is 1.93. The Labute approximate surface area is 62.8 Å². The molecule has 0 fully saturated rings. The van der Waals surface area contributed by atoms with Gasteiger partial charge in [-0.25, -0.2) is 4.21 Å². The summed E-state index contributed by atoms with van der Waals surface area (Å²) in [6.07, 6.45) is 0. The molecule has 0 heterocycles. The lowest BCUT2D eigenvalue weighted by atomic mass is 10.4. The Morgan fingerprint density at radius 3 is 2.40 bits per heavy atom. The third kappa shape index (κ3) is 1.54. The highest BCUT2D eigenvalue weighted by molar-refractivity contribution is 7.88. The maximum Gasteiger partial charge on any atom is 0.0769 e. The Hall–Kier alpha value is -0.890. The first-order valence-electron chi connectivity index (χ1n) is 2.93. The second-order valence-corrected chi connectivity index (χ2v) is 3.18. The zero-order chi connectivity index (χ0) is 7.40. The largest absolute Gasteiger partial charge is 0.250 e. The van der Waals surface area contributed by atoms with Crippen LogP contribution in [0.25, 0.3) is 0 Å². The van der Waals surface area contributed by atoms with Crippen molar-refractivity contribution in [1.29, 1.82) is 0 Å². The van der Waals surface area contributed by atoms with E-state index in [1.54, 1.807) is 0 Å². The Morgan fingerprint density at radius 1 is 1.30 bits per heavy atom. The Bertz CT molecular complexity index is 241.